The van der Waals surface area contributed by atoms with Crippen molar-refractivity contribution in [3.63, 3.8) is 0 Å². The molecule has 0 saturated carbocycles. The molecule has 0 aromatic carbocycles. The fourth-order valence-corrected chi connectivity index (χ4v) is 2.21. The van der Waals surface area contributed by atoms with Gasteiger partial charge in [0.25, 0.3) is 0 Å². The highest BCUT2D eigenvalue weighted by atomic mass is 32.2. The van der Waals surface area contributed by atoms with Crippen LogP contribution in [0.1, 0.15) is 46.0 Å². The van der Waals surface area contributed by atoms with Crippen molar-refractivity contribution in [2.45, 2.75) is 51.0 Å². The molecule has 3 heteroatoms. The third kappa shape index (κ3) is 6.57. The number of hydrogen-bond donors (Lipinski definition) is 0. The van der Waals surface area contributed by atoms with E-state index in [1.54, 1.807) is 11.8 Å². The van der Waals surface area contributed by atoms with E-state index in [0.717, 1.165) is 29.7 Å². The van der Waals surface area contributed by atoms with Crippen molar-refractivity contribution < 1.29 is 4.74 Å². The molecule has 96 valence electrons. The molecule has 0 aliphatic heterocycles. The van der Waals surface area contributed by atoms with E-state index in [-0.39, 0.29) is 0 Å². The second kappa shape index (κ2) is 9.34. The minimum atomic E-state index is 0.766. The van der Waals surface area contributed by atoms with Gasteiger partial charge in [-0.15, -0.1) is 11.8 Å². The van der Waals surface area contributed by atoms with E-state index in [0.29, 0.717) is 0 Å². The van der Waals surface area contributed by atoms with Crippen LogP contribution in [0.25, 0.3) is 0 Å². The second-order valence-corrected chi connectivity index (χ2v) is 5.19. The van der Waals surface area contributed by atoms with E-state index in [2.05, 4.69) is 18.8 Å². The van der Waals surface area contributed by atoms with Crippen LogP contribution in [0, 0.1) is 0 Å². The monoisotopic (exact) mass is 253 g/mol. The van der Waals surface area contributed by atoms with Crippen molar-refractivity contribution in [2.24, 2.45) is 0 Å². The van der Waals surface area contributed by atoms with Crippen molar-refractivity contribution in [3.05, 3.63) is 18.2 Å². The lowest BCUT2D eigenvalue weighted by Crippen LogP contribution is -1.99. The standard InChI is InChI=1S/C14H23NOS/c1-3-5-6-7-11-16-13-9-8-10-14(15-13)17-12-4-2/h8-10H,3-7,11-12H2,1-2H3. The maximum absolute atomic E-state index is 5.65. The summed E-state index contributed by atoms with van der Waals surface area (Å²) < 4.78 is 5.65. The number of nitrogens with zero attached hydrogens (tertiary/aromatic N) is 1. The van der Waals surface area contributed by atoms with Gasteiger partial charge in [0.15, 0.2) is 0 Å². The Morgan fingerprint density at radius 1 is 1.12 bits per heavy atom. The molecule has 0 amide bonds. The van der Waals surface area contributed by atoms with E-state index in [1.807, 2.05) is 18.2 Å². The summed E-state index contributed by atoms with van der Waals surface area (Å²) in [5, 5.41) is 1.07. The van der Waals surface area contributed by atoms with Crippen molar-refractivity contribution in [1.82, 2.24) is 4.98 Å². The van der Waals surface area contributed by atoms with Gasteiger partial charge in [0.2, 0.25) is 5.88 Å². The zero-order valence-corrected chi connectivity index (χ0v) is 11.8. The lowest BCUT2D eigenvalue weighted by atomic mass is 10.2. The Morgan fingerprint density at radius 3 is 2.76 bits per heavy atom. The number of hydrogen-bond acceptors (Lipinski definition) is 3. The first-order valence-corrected chi connectivity index (χ1v) is 7.58. The summed E-state index contributed by atoms with van der Waals surface area (Å²) in [7, 11) is 0. The molecule has 0 aliphatic rings. The number of ether oxygens (including phenoxy) is 1. The number of thioether (sulfide) groups is 1. The first-order chi connectivity index (χ1) is 8.36. The summed E-state index contributed by atoms with van der Waals surface area (Å²) in [6.45, 7) is 5.19. The SMILES string of the molecule is CCCCCCOc1cccc(SCCC)n1. The van der Waals surface area contributed by atoms with Crippen LogP contribution in [0.15, 0.2) is 23.2 Å². The number of unbranched alkanes of at least 4 members (excludes halogenated alkanes) is 3. The lowest BCUT2D eigenvalue weighted by Gasteiger charge is -2.06. The van der Waals surface area contributed by atoms with Gasteiger partial charge in [-0.1, -0.05) is 39.2 Å². The van der Waals surface area contributed by atoms with E-state index < -0.39 is 0 Å². The molecule has 1 rings (SSSR count). The highest BCUT2D eigenvalue weighted by Crippen LogP contribution is 2.19. The first-order valence-electron chi connectivity index (χ1n) is 6.59. The van der Waals surface area contributed by atoms with E-state index >= 15 is 0 Å². The molecule has 1 aromatic rings. The Kier molecular flexibility index (Phi) is 7.89. The molecule has 1 aromatic heterocycles. The molecule has 1 heterocycles. The number of pyridine rings is 1. The summed E-state index contributed by atoms with van der Waals surface area (Å²) in [6.07, 6.45) is 6.11. The van der Waals surface area contributed by atoms with Gasteiger partial charge in [0, 0.05) is 6.07 Å². The van der Waals surface area contributed by atoms with Gasteiger partial charge in [-0.25, -0.2) is 4.98 Å². The van der Waals surface area contributed by atoms with Crippen LogP contribution in [0.2, 0.25) is 0 Å². The van der Waals surface area contributed by atoms with Gasteiger partial charge in [-0.2, -0.15) is 0 Å². The van der Waals surface area contributed by atoms with Gasteiger partial charge >= 0.3 is 0 Å². The van der Waals surface area contributed by atoms with Gasteiger partial charge in [-0.05, 0) is 24.7 Å². The topological polar surface area (TPSA) is 22.1 Å². The summed E-state index contributed by atoms with van der Waals surface area (Å²) >= 11 is 1.79. The van der Waals surface area contributed by atoms with Crippen LogP contribution in [-0.2, 0) is 0 Å². The molecule has 0 aliphatic carbocycles. The van der Waals surface area contributed by atoms with Crippen LogP contribution in [0.4, 0.5) is 0 Å². The fraction of sp³-hybridized carbons (Fsp3) is 0.643. The average molecular weight is 253 g/mol. The molecule has 0 saturated heterocycles. The highest BCUT2D eigenvalue weighted by molar-refractivity contribution is 7.99. The molecular weight excluding hydrogens is 230 g/mol. The Bertz CT molecular complexity index is 304. The Balaban J connectivity index is 2.27. The Morgan fingerprint density at radius 2 is 2.00 bits per heavy atom. The predicted molar refractivity (Wildman–Crippen MR) is 74.9 cm³/mol. The summed E-state index contributed by atoms with van der Waals surface area (Å²) in [6, 6.07) is 6.01. The van der Waals surface area contributed by atoms with Crippen molar-refractivity contribution in [2.75, 3.05) is 12.4 Å². The first kappa shape index (κ1) is 14.4. The van der Waals surface area contributed by atoms with E-state index in [9.17, 15) is 0 Å². The maximum atomic E-state index is 5.65. The largest absolute Gasteiger partial charge is 0.478 e. The second-order valence-electron chi connectivity index (χ2n) is 4.07. The molecule has 0 fully saturated rings. The minimum absolute atomic E-state index is 0.766. The van der Waals surface area contributed by atoms with Crippen LogP contribution < -0.4 is 4.74 Å². The molecule has 0 atom stereocenters. The predicted octanol–water partition coefficient (Wildman–Crippen LogP) is 4.54. The van der Waals surface area contributed by atoms with Crippen molar-refractivity contribution in [3.8, 4) is 5.88 Å². The van der Waals surface area contributed by atoms with Crippen molar-refractivity contribution in [1.29, 1.82) is 0 Å². The van der Waals surface area contributed by atoms with E-state index in [1.165, 1.54) is 25.7 Å². The molecular formula is C14H23NOS. The summed E-state index contributed by atoms with van der Waals surface area (Å²) in [5.41, 5.74) is 0. The highest BCUT2D eigenvalue weighted by Gasteiger charge is 1.99. The third-order valence-electron chi connectivity index (χ3n) is 2.40. The Hall–Kier alpha value is -0.700. The zero-order valence-electron chi connectivity index (χ0n) is 10.9. The van der Waals surface area contributed by atoms with Gasteiger partial charge in [0.05, 0.1) is 6.61 Å². The molecule has 0 unspecified atom stereocenters. The molecule has 0 radical (unpaired) electrons. The molecule has 0 bridgehead atoms. The van der Waals surface area contributed by atoms with Crippen LogP contribution in [0.3, 0.4) is 0 Å². The summed E-state index contributed by atoms with van der Waals surface area (Å²) in [4.78, 5) is 4.47. The zero-order chi connectivity index (χ0) is 12.3. The third-order valence-corrected chi connectivity index (χ3v) is 3.54. The van der Waals surface area contributed by atoms with Crippen LogP contribution >= 0.6 is 11.8 Å². The fourth-order valence-electron chi connectivity index (χ4n) is 1.47. The van der Waals surface area contributed by atoms with Crippen LogP contribution in [0.5, 0.6) is 5.88 Å². The smallest absolute Gasteiger partial charge is 0.214 e. The molecule has 2 nitrogen and oxygen atoms in total. The van der Waals surface area contributed by atoms with Crippen molar-refractivity contribution >= 4 is 11.8 Å². The Labute approximate surface area is 109 Å². The van der Waals surface area contributed by atoms with Gasteiger partial charge < -0.3 is 4.74 Å². The van der Waals surface area contributed by atoms with Crippen LogP contribution in [-0.4, -0.2) is 17.3 Å². The van der Waals surface area contributed by atoms with Gasteiger partial charge in [-0.3, -0.25) is 0 Å². The minimum Gasteiger partial charge on any atom is -0.478 e. The maximum Gasteiger partial charge on any atom is 0.214 e. The number of aromatic nitrogens is 1. The number of rotatable bonds is 9. The summed E-state index contributed by atoms with van der Waals surface area (Å²) in [5.74, 6) is 1.88. The quantitative estimate of drug-likeness (QED) is 0.476. The van der Waals surface area contributed by atoms with Gasteiger partial charge in [0.1, 0.15) is 5.03 Å². The molecule has 0 N–H and O–H groups in total. The lowest BCUT2D eigenvalue weighted by molar-refractivity contribution is 0.292. The normalized spacial score (nSPS) is 10.5. The average Bonchev–Trinajstić information content (AvgIpc) is 2.37. The molecule has 0 spiro atoms. The molecule has 17 heavy (non-hydrogen) atoms. The van der Waals surface area contributed by atoms with E-state index in [4.69, 9.17) is 4.74 Å².